The molecule has 1 aromatic carbocycles. The van der Waals surface area contributed by atoms with Gasteiger partial charge in [-0.2, -0.15) is 0 Å². The summed E-state index contributed by atoms with van der Waals surface area (Å²) >= 11 is 7.45. The van der Waals surface area contributed by atoms with Gasteiger partial charge in [0.05, 0.1) is 5.75 Å². The van der Waals surface area contributed by atoms with E-state index in [1.165, 1.54) is 0 Å². The van der Waals surface area contributed by atoms with Gasteiger partial charge in [0, 0.05) is 9.92 Å². The van der Waals surface area contributed by atoms with Gasteiger partial charge in [-0.25, -0.2) is 0 Å². The van der Waals surface area contributed by atoms with Crippen molar-refractivity contribution in [3.63, 3.8) is 0 Å². The van der Waals surface area contributed by atoms with Crippen LogP contribution in [0.1, 0.15) is 0 Å². The number of rotatable bonds is 3. The second-order valence-electron chi connectivity index (χ2n) is 3.06. The topological polar surface area (TPSA) is 41.5 Å². The van der Waals surface area contributed by atoms with Crippen LogP contribution in [0.25, 0.3) is 0 Å². The zero-order chi connectivity index (χ0) is 10.7. The number of aliphatic imine (C=N–C) groups is 1. The lowest BCUT2D eigenvalue weighted by atomic mass is 10.4. The smallest absolute Gasteiger partial charge is 0.247 e. The van der Waals surface area contributed by atoms with Crippen molar-refractivity contribution in [3.05, 3.63) is 29.3 Å². The quantitative estimate of drug-likeness (QED) is 0.821. The Balaban J connectivity index is 1.91. The Hall–Kier alpha value is -1.00. The predicted molar refractivity (Wildman–Crippen MR) is 62.6 cm³/mol. The van der Waals surface area contributed by atoms with Crippen LogP contribution in [0.2, 0.25) is 5.02 Å². The first-order valence-corrected chi connectivity index (χ1v) is 5.82. The molecule has 3 nitrogen and oxygen atoms in total. The number of halogens is 1. The molecule has 1 N–H and O–H groups in total. The van der Waals surface area contributed by atoms with E-state index in [0.717, 1.165) is 15.8 Å². The summed E-state index contributed by atoms with van der Waals surface area (Å²) in [5, 5.41) is 3.42. The lowest BCUT2D eigenvalue weighted by molar-refractivity contribution is -0.117. The van der Waals surface area contributed by atoms with E-state index in [-0.39, 0.29) is 12.5 Å². The summed E-state index contributed by atoms with van der Waals surface area (Å²) in [5.41, 5.74) is 0. The molecule has 15 heavy (non-hydrogen) atoms. The van der Waals surface area contributed by atoms with Crippen LogP contribution in [0.3, 0.4) is 0 Å². The Labute approximate surface area is 96.9 Å². The van der Waals surface area contributed by atoms with Crippen molar-refractivity contribution in [2.24, 2.45) is 4.99 Å². The van der Waals surface area contributed by atoms with Gasteiger partial charge in [0.15, 0.2) is 0 Å². The first-order chi connectivity index (χ1) is 7.24. The monoisotopic (exact) mass is 240 g/mol. The molecular formula is C10H9ClN2OS. The van der Waals surface area contributed by atoms with Crippen molar-refractivity contribution in [1.82, 2.24) is 5.32 Å². The Morgan fingerprint density at radius 1 is 1.53 bits per heavy atom. The van der Waals surface area contributed by atoms with E-state index in [9.17, 15) is 4.79 Å². The molecule has 78 valence electrons. The Morgan fingerprint density at radius 2 is 2.40 bits per heavy atom. The fourth-order valence-corrected chi connectivity index (χ4v) is 2.30. The highest BCUT2D eigenvalue weighted by atomic mass is 35.5. The van der Waals surface area contributed by atoms with Gasteiger partial charge in [0.2, 0.25) is 5.91 Å². The van der Waals surface area contributed by atoms with Gasteiger partial charge in [-0.15, -0.1) is 11.8 Å². The van der Waals surface area contributed by atoms with Gasteiger partial charge in [0.1, 0.15) is 12.4 Å². The van der Waals surface area contributed by atoms with Crippen LogP contribution in [-0.2, 0) is 4.79 Å². The number of amidine groups is 1. The third kappa shape index (κ3) is 2.97. The van der Waals surface area contributed by atoms with Crippen molar-refractivity contribution in [1.29, 1.82) is 0 Å². The van der Waals surface area contributed by atoms with Gasteiger partial charge in [-0.3, -0.25) is 9.79 Å². The molecule has 0 saturated carbocycles. The molecule has 1 aliphatic rings. The summed E-state index contributed by atoms with van der Waals surface area (Å²) in [6.45, 7) is 0.255. The molecule has 0 saturated heterocycles. The normalized spacial score (nSPS) is 15.0. The molecule has 0 unspecified atom stereocenters. The first kappa shape index (κ1) is 10.5. The van der Waals surface area contributed by atoms with E-state index in [4.69, 9.17) is 11.6 Å². The van der Waals surface area contributed by atoms with Crippen LogP contribution in [0.4, 0.5) is 0 Å². The van der Waals surface area contributed by atoms with E-state index in [2.05, 4.69) is 10.3 Å². The van der Waals surface area contributed by atoms with Crippen molar-refractivity contribution >= 4 is 35.1 Å². The molecule has 1 aliphatic heterocycles. The minimum Gasteiger partial charge on any atom is -0.312 e. The molecule has 1 amide bonds. The fourth-order valence-electron chi connectivity index (χ4n) is 1.20. The van der Waals surface area contributed by atoms with E-state index in [1.54, 1.807) is 11.8 Å². The summed E-state index contributed by atoms with van der Waals surface area (Å²) in [5.74, 6) is 1.38. The average Bonchev–Trinajstić information content (AvgIpc) is 2.62. The van der Waals surface area contributed by atoms with Crippen LogP contribution in [0.15, 0.2) is 34.2 Å². The SMILES string of the molecule is O=C1CN=C(CSc2cccc(Cl)c2)N1. The number of carbonyl (C=O) groups is 1. The molecule has 1 aromatic rings. The van der Waals surface area contributed by atoms with Crippen LogP contribution in [0, 0.1) is 0 Å². The predicted octanol–water partition coefficient (Wildman–Crippen LogP) is 1.96. The van der Waals surface area contributed by atoms with Crippen LogP contribution in [-0.4, -0.2) is 24.0 Å². The fraction of sp³-hybridized carbons (Fsp3) is 0.200. The molecule has 0 bridgehead atoms. The van der Waals surface area contributed by atoms with Gasteiger partial charge in [-0.05, 0) is 18.2 Å². The third-order valence-electron chi connectivity index (χ3n) is 1.87. The maximum absolute atomic E-state index is 10.9. The molecule has 0 aromatic heterocycles. The number of hydrogen-bond donors (Lipinski definition) is 1. The number of amides is 1. The molecule has 2 rings (SSSR count). The number of nitrogens with zero attached hydrogens (tertiary/aromatic N) is 1. The minimum absolute atomic E-state index is 0.0308. The zero-order valence-corrected chi connectivity index (χ0v) is 9.44. The number of hydrogen-bond acceptors (Lipinski definition) is 3. The largest absolute Gasteiger partial charge is 0.312 e. The molecule has 0 radical (unpaired) electrons. The Kier molecular flexibility index (Phi) is 3.28. The zero-order valence-electron chi connectivity index (χ0n) is 7.87. The summed E-state index contributed by atoms with van der Waals surface area (Å²) in [4.78, 5) is 16.0. The maximum Gasteiger partial charge on any atom is 0.247 e. The van der Waals surface area contributed by atoms with E-state index in [0.29, 0.717) is 5.75 Å². The Morgan fingerprint density at radius 3 is 3.07 bits per heavy atom. The van der Waals surface area contributed by atoms with E-state index < -0.39 is 0 Å². The summed E-state index contributed by atoms with van der Waals surface area (Å²) < 4.78 is 0. The second kappa shape index (κ2) is 4.68. The van der Waals surface area contributed by atoms with Crippen LogP contribution >= 0.6 is 23.4 Å². The number of nitrogens with one attached hydrogen (secondary N) is 1. The van der Waals surface area contributed by atoms with Crippen LogP contribution < -0.4 is 5.32 Å². The average molecular weight is 241 g/mol. The third-order valence-corrected chi connectivity index (χ3v) is 3.11. The lowest BCUT2D eigenvalue weighted by Gasteiger charge is -2.01. The highest BCUT2D eigenvalue weighted by Crippen LogP contribution is 2.21. The summed E-state index contributed by atoms with van der Waals surface area (Å²) in [6.07, 6.45) is 0. The van der Waals surface area contributed by atoms with Gasteiger partial charge in [0.25, 0.3) is 0 Å². The number of carbonyl (C=O) groups excluding carboxylic acids is 1. The molecular weight excluding hydrogens is 232 g/mol. The maximum atomic E-state index is 10.9. The van der Waals surface area contributed by atoms with Crippen LogP contribution in [0.5, 0.6) is 0 Å². The van der Waals surface area contributed by atoms with Crippen molar-refractivity contribution < 1.29 is 4.79 Å². The van der Waals surface area contributed by atoms with Gasteiger partial charge in [-0.1, -0.05) is 17.7 Å². The molecule has 5 heteroatoms. The molecule has 0 aliphatic carbocycles. The molecule has 0 fully saturated rings. The number of thioether (sulfide) groups is 1. The van der Waals surface area contributed by atoms with E-state index >= 15 is 0 Å². The Bertz CT molecular complexity index is 420. The van der Waals surface area contributed by atoms with Crippen molar-refractivity contribution in [2.75, 3.05) is 12.3 Å². The second-order valence-corrected chi connectivity index (χ2v) is 4.54. The summed E-state index contributed by atoms with van der Waals surface area (Å²) in [6, 6.07) is 7.61. The van der Waals surface area contributed by atoms with E-state index in [1.807, 2.05) is 24.3 Å². The van der Waals surface area contributed by atoms with Crippen molar-refractivity contribution in [2.45, 2.75) is 4.90 Å². The highest BCUT2D eigenvalue weighted by molar-refractivity contribution is 8.00. The lowest BCUT2D eigenvalue weighted by Crippen LogP contribution is -2.25. The molecule has 1 heterocycles. The number of benzene rings is 1. The minimum atomic E-state index is -0.0308. The van der Waals surface area contributed by atoms with Gasteiger partial charge >= 0.3 is 0 Å². The standard InChI is InChI=1S/C10H9ClN2OS/c11-7-2-1-3-8(4-7)15-6-9-12-5-10(14)13-9/h1-4H,5-6H2,(H,12,13,14). The highest BCUT2D eigenvalue weighted by Gasteiger charge is 2.12. The van der Waals surface area contributed by atoms with Gasteiger partial charge < -0.3 is 5.32 Å². The summed E-state index contributed by atoms with van der Waals surface area (Å²) in [7, 11) is 0. The molecule has 0 atom stereocenters. The first-order valence-electron chi connectivity index (χ1n) is 4.45. The van der Waals surface area contributed by atoms with Crippen molar-refractivity contribution in [3.8, 4) is 0 Å². The molecule has 0 spiro atoms.